The zero-order valence-corrected chi connectivity index (χ0v) is 40.0. The van der Waals surface area contributed by atoms with Crippen molar-refractivity contribution >= 4 is 84.5 Å². The molecule has 4 unspecified atom stereocenters. The number of hydrogen-bond acceptors (Lipinski definition) is 14. The van der Waals surface area contributed by atoms with Crippen LogP contribution in [0.4, 0.5) is 0 Å². The second-order valence-corrected chi connectivity index (χ2v) is 45.0. The van der Waals surface area contributed by atoms with Crippen molar-refractivity contribution in [2.75, 3.05) is 6.61 Å². The average molecular weight is 835 g/mol. The van der Waals surface area contributed by atoms with Gasteiger partial charge in [0.15, 0.2) is 8.32 Å². The topological polar surface area (TPSA) is 137 Å². The SMILES string of the molecule is C=C(C)C(=O)OCCC[Si]1(C)O[Si]2(CC)O[Si]3(CC)O[Si](CC)(O[Si](C)(C)C)O[Si]4(CC)O[Si](CC)(O1)O[Si](CC)(O2)O[Si](CC)(O3)O4. The van der Waals surface area contributed by atoms with Gasteiger partial charge < -0.3 is 54.1 Å². The highest BCUT2D eigenvalue weighted by Crippen LogP contribution is 2.50. The number of esters is 1. The molecule has 0 radical (unpaired) electrons. The molecule has 6 bridgehead atoms. The van der Waals surface area contributed by atoms with Crippen LogP contribution in [0.1, 0.15) is 61.8 Å². The Morgan fingerprint density at radius 1 is 0.583 bits per heavy atom. The maximum Gasteiger partial charge on any atom is 0.478 e. The Bertz CT molecular complexity index is 1150. The third-order valence-electron chi connectivity index (χ3n) is 8.39. The zero-order chi connectivity index (χ0) is 35.9. The van der Waals surface area contributed by atoms with Crippen LogP contribution in [-0.4, -0.2) is 91.1 Å². The molecule has 278 valence electrons. The molecule has 0 amide bonds. The molecule has 4 fully saturated rings. The van der Waals surface area contributed by atoms with Crippen molar-refractivity contribution in [2.45, 2.75) is 136 Å². The Morgan fingerprint density at radius 3 is 1.21 bits per heavy atom. The van der Waals surface area contributed by atoms with Gasteiger partial charge in [-0.15, -0.1) is 0 Å². The smallest absolute Gasteiger partial charge is 0.462 e. The average Bonchev–Trinajstić information content (AvgIpc) is 2.98. The van der Waals surface area contributed by atoms with E-state index < -0.39 is 84.5 Å². The molecule has 4 saturated heterocycles. The Kier molecular flexibility index (Phi) is 12.8. The van der Waals surface area contributed by atoms with E-state index in [2.05, 4.69) is 26.2 Å². The Hall–Kier alpha value is 0.682. The molecule has 0 saturated carbocycles. The Morgan fingerprint density at radius 2 is 0.917 bits per heavy atom. The van der Waals surface area contributed by atoms with Gasteiger partial charge in [-0.2, -0.15) is 0 Å². The fourth-order valence-corrected chi connectivity index (χ4v) is 57.7. The molecule has 4 heterocycles. The fourth-order valence-electron chi connectivity index (χ4n) is 6.01. The van der Waals surface area contributed by atoms with Crippen molar-refractivity contribution in [1.82, 2.24) is 0 Å². The van der Waals surface area contributed by atoms with Gasteiger partial charge in [0.2, 0.25) is 0 Å². The quantitative estimate of drug-likeness (QED) is 0.0830. The molecular weight excluding hydrogens is 777 g/mol. The third kappa shape index (κ3) is 8.72. The third-order valence-corrected chi connectivity index (χ3v) is 47.7. The van der Waals surface area contributed by atoms with Crippen LogP contribution >= 0.6 is 0 Å². The summed E-state index contributed by atoms with van der Waals surface area (Å²) < 4.78 is 92.3. The molecule has 0 spiro atoms. The normalized spacial score (nSPS) is 43.0. The summed E-state index contributed by atoms with van der Waals surface area (Å²) in [5.41, 5.74) is 0.341. The molecule has 4 atom stereocenters. The van der Waals surface area contributed by atoms with E-state index in [1.807, 2.05) is 55.0 Å². The van der Waals surface area contributed by atoms with E-state index >= 15 is 0 Å². The molecule has 4 aliphatic heterocycles. The number of rotatable bonds is 14. The minimum Gasteiger partial charge on any atom is -0.462 e. The highest BCUT2D eigenvalue weighted by atomic mass is 28.6. The lowest BCUT2D eigenvalue weighted by atomic mass is 10.4. The standard InChI is InChI=1S/C25H58O14Si9/c1-14-42(28-40(10,11)12)31-45(17-4)33-43(15-2)29-41(13,23-21-22-27-25(26)24(8)9)30-44(16-3)34-46(18-5,32-42)38-48(20-7,37-45)39-47(19-6,35-43)36-44/h8,14-23H2,1-7,9-13H3. The summed E-state index contributed by atoms with van der Waals surface area (Å²) >= 11 is 0. The summed E-state index contributed by atoms with van der Waals surface area (Å²) in [6, 6.07) is 3.26. The highest BCUT2D eigenvalue weighted by molar-refractivity contribution is 7.01. The van der Waals surface area contributed by atoms with E-state index in [9.17, 15) is 4.79 Å². The molecule has 23 heteroatoms. The second kappa shape index (κ2) is 14.8. The van der Waals surface area contributed by atoms with E-state index in [0.717, 1.165) is 0 Å². The first-order chi connectivity index (χ1) is 22.2. The van der Waals surface area contributed by atoms with Crippen LogP contribution < -0.4 is 0 Å². The number of ether oxygens (including phenoxy) is 1. The van der Waals surface area contributed by atoms with Crippen molar-refractivity contribution in [1.29, 1.82) is 0 Å². The van der Waals surface area contributed by atoms with Crippen LogP contribution in [0.5, 0.6) is 0 Å². The molecule has 4 aliphatic rings. The van der Waals surface area contributed by atoms with Gasteiger partial charge in [-0.3, -0.25) is 0 Å². The first kappa shape index (κ1) is 41.4. The Balaban J connectivity index is 1.98. The maximum atomic E-state index is 12.2. The molecule has 48 heavy (non-hydrogen) atoms. The number of fused-ring (bicyclic) bond motifs is 4. The van der Waals surface area contributed by atoms with Crippen molar-refractivity contribution in [3.63, 3.8) is 0 Å². The first-order valence-electron chi connectivity index (χ1n) is 17.5. The molecule has 0 N–H and O–H groups in total. The van der Waals surface area contributed by atoms with Crippen molar-refractivity contribution < 1.29 is 58.9 Å². The zero-order valence-electron chi connectivity index (χ0n) is 31.0. The van der Waals surface area contributed by atoms with Gasteiger partial charge in [0.25, 0.3) is 0 Å². The first-order valence-corrected chi connectivity index (χ1v) is 36.9. The van der Waals surface area contributed by atoms with Gasteiger partial charge in [0, 0.05) is 47.9 Å². The van der Waals surface area contributed by atoms with Crippen LogP contribution in [0.15, 0.2) is 12.2 Å². The Labute approximate surface area is 297 Å². The summed E-state index contributed by atoms with van der Waals surface area (Å²) in [6.07, 6.45) is 0.478. The minimum atomic E-state index is -3.80. The summed E-state index contributed by atoms with van der Waals surface area (Å²) in [6.45, 7) is 27.7. The van der Waals surface area contributed by atoms with Gasteiger partial charge in [0.1, 0.15) is 0 Å². The molecule has 14 nitrogen and oxygen atoms in total. The number of hydrogen-bond donors (Lipinski definition) is 0. The molecule has 0 aliphatic carbocycles. The van der Waals surface area contributed by atoms with Gasteiger partial charge >= 0.3 is 76.2 Å². The van der Waals surface area contributed by atoms with Gasteiger partial charge in [-0.1, -0.05) is 55.0 Å². The molecule has 0 aromatic carbocycles. The number of carbonyl (C=O) groups excluding carboxylic acids is 1. The van der Waals surface area contributed by atoms with E-state index in [0.29, 0.717) is 60.3 Å². The monoisotopic (exact) mass is 834 g/mol. The maximum absolute atomic E-state index is 12.2. The largest absolute Gasteiger partial charge is 0.478 e. The molecular formula is C25H58O14Si9. The predicted molar refractivity (Wildman–Crippen MR) is 197 cm³/mol. The summed E-state index contributed by atoms with van der Waals surface area (Å²) in [5.74, 6) is -0.440. The van der Waals surface area contributed by atoms with Crippen LogP contribution in [0.3, 0.4) is 0 Å². The lowest BCUT2D eigenvalue weighted by molar-refractivity contribution is -0.139. The van der Waals surface area contributed by atoms with Crippen LogP contribution in [-0.2, 0) is 58.9 Å². The van der Waals surface area contributed by atoms with Gasteiger partial charge in [-0.05, 0) is 45.6 Å². The lowest BCUT2D eigenvalue weighted by Crippen LogP contribution is -2.84. The fraction of sp³-hybridized carbons (Fsp3) is 0.880. The molecule has 4 rings (SSSR count). The van der Waals surface area contributed by atoms with Crippen molar-refractivity contribution in [2.24, 2.45) is 0 Å². The molecule has 0 aromatic heterocycles. The minimum absolute atomic E-state index is 0.172. The van der Waals surface area contributed by atoms with Gasteiger partial charge in [0.05, 0.1) is 6.61 Å². The number of carbonyl (C=O) groups is 1. The van der Waals surface area contributed by atoms with Gasteiger partial charge in [-0.25, -0.2) is 4.79 Å². The van der Waals surface area contributed by atoms with E-state index in [1.54, 1.807) is 6.92 Å². The van der Waals surface area contributed by atoms with Crippen molar-refractivity contribution in [3.8, 4) is 0 Å². The van der Waals surface area contributed by atoms with Crippen molar-refractivity contribution in [3.05, 3.63) is 12.2 Å². The summed E-state index contributed by atoms with van der Waals surface area (Å²) in [4.78, 5) is 12.2. The summed E-state index contributed by atoms with van der Waals surface area (Å²) in [5, 5.41) is 0. The van der Waals surface area contributed by atoms with Crippen LogP contribution in [0.25, 0.3) is 0 Å². The summed E-state index contributed by atoms with van der Waals surface area (Å²) in [7, 11) is -31.7. The molecule has 0 aromatic rings. The van der Waals surface area contributed by atoms with Crippen LogP contribution in [0.2, 0.25) is 74.5 Å². The second-order valence-electron chi connectivity index (χ2n) is 13.7. The van der Waals surface area contributed by atoms with Crippen LogP contribution in [0, 0.1) is 0 Å². The van der Waals surface area contributed by atoms with E-state index in [4.69, 9.17) is 54.1 Å². The predicted octanol–water partition coefficient (Wildman–Crippen LogP) is 6.37. The van der Waals surface area contributed by atoms with E-state index in [-0.39, 0.29) is 6.61 Å². The lowest BCUT2D eigenvalue weighted by Gasteiger charge is -2.60. The highest BCUT2D eigenvalue weighted by Gasteiger charge is 2.78. The van der Waals surface area contributed by atoms with E-state index in [1.165, 1.54) is 0 Å².